The van der Waals surface area contributed by atoms with Crippen molar-refractivity contribution in [3.63, 3.8) is 0 Å². The highest BCUT2D eigenvalue weighted by molar-refractivity contribution is 4.75. The summed E-state index contributed by atoms with van der Waals surface area (Å²) in [6.07, 6.45) is 4.86. The first-order chi connectivity index (χ1) is 5.34. The number of hydrogen-bond acceptors (Lipinski definition) is 2. The Morgan fingerprint density at radius 1 is 1.64 bits per heavy atom. The van der Waals surface area contributed by atoms with E-state index in [1.54, 1.807) is 0 Å². The molecule has 0 amide bonds. The lowest BCUT2D eigenvalue weighted by Crippen LogP contribution is -2.30. The van der Waals surface area contributed by atoms with E-state index in [4.69, 9.17) is 10.5 Å². The second kappa shape index (κ2) is 4.73. The van der Waals surface area contributed by atoms with E-state index in [9.17, 15) is 0 Å². The third kappa shape index (κ3) is 2.80. The van der Waals surface area contributed by atoms with Crippen molar-refractivity contribution >= 4 is 0 Å². The van der Waals surface area contributed by atoms with E-state index < -0.39 is 0 Å². The molecular formula is C9H19NO. The van der Waals surface area contributed by atoms with E-state index in [2.05, 4.69) is 6.92 Å². The van der Waals surface area contributed by atoms with E-state index in [0.29, 0.717) is 12.0 Å². The van der Waals surface area contributed by atoms with Gasteiger partial charge in [0.25, 0.3) is 0 Å². The summed E-state index contributed by atoms with van der Waals surface area (Å²) in [6.45, 7) is 4.02. The normalized spacial score (nSPS) is 27.3. The van der Waals surface area contributed by atoms with Gasteiger partial charge in [-0.3, -0.25) is 0 Å². The molecule has 2 unspecified atom stereocenters. The molecule has 0 aromatic carbocycles. The zero-order chi connectivity index (χ0) is 8.10. The Kier molecular flexibility index (Phi) is 3.87. The minimum atomic E-state index is 0.387. The van der Waals surface area contributed by atoms with Gasteiger partial charge in [0, 0.05) is 12.6 Å². The molecule has 2 atom stereocenters. The smallest absolute Gasteiger partial charge is 0.0509 e. The SMILES string of the molecule is CCCCC(N)C1CCOC1. The van der Waals surface area contributed by atoms with Crippen molar-refractivity contribution in [2.45, 2.75) is 38.6 Å². The van der Waals surface area contributed by atoms with Crippen molar-refractivity contribution < 1.29 is 4.74 Å². The Bertz CT molecular complexity index is 99.7. The van der Waals surface area contributed by atoms with Gasteiger partial charge in [0.1, 0.15) is 0 Å². The topological polar surface area (TPSA) is 35.2 Å². The van der Waals surface area contributed by atoms with Crippen LogP contribution in [0.1, 0.15) is 32.6 Å². The Morgan fingerprint density at radius 2 is 2.45 bits per heavy atom. The van der Waals surface area contributed by atoms with E-state index >= 15 is 0 Å². The molecule has 0 saturated carbocycles. The van der Waals surface area contributed by atoms with Crippen LogP contribution in [0.3, 0.4) is 0 Å². The highest BCUT2D eigenvalue weighted by Crippen LogP contribution is 2.18. The van der Waals surface area contributed by atoms with Gasteiger partial charge in [-0.25, -0.2) is 0 Å². The standard InChI is InChI=1S/C9H19NO/c1-2-3-4-9(10)8-5-6-11-7-8/h8-9H,2-7,10H2,1H3. The minimum Gasteiger partial charge on any atom is -0.381 e. The summed E-state index contributed by atoms with van der Waals surface area (Å²) >= 11 is 0. The average Bonchev–Trinajstić information content (AvgIpc) is 2.52. The van der Waals surface area contributed by atoms with Crippen LogP contribution in [0, 0.1) is 5.92 Å². The van der Waals surface area contributed by atoms with Gasteiger partial charge in [-0.2, -0.15) is 0 Å². The van der Waals surface area contributed by atoms with Crippen LogP contribution in [-0.2, 0) is 4.74 Å². The molecule has 1 aliphatic heterocycles. The van der Waals surface area contributed by atoms with Crippen molar-refractivity contribution in [3.05, 3.63) is 0 Å². The first-order valence-electron chi connectivity index (χ1n) is 4.68. The molecule has 2 nitrogen and oxygen atoms in total. The van der Waals surface area contributed by atoms with Crippen molar-refractivity contribution in [2.24, 2.45) is 11.7 Å². The zero-order valence-electron chi connectivity index (χ0n) is 7.38. The summed E-state index contributed by atoms with van der Waals surface area (Å²) in [5.41, 5.74) is 5.99. The number of nitrogens with two attached hydrogens (primary N) is 1. The Balaban J connectivity index is 2.12. The fraction of sp³-hybridized carbons (Fsp3) is 1.00. The molecule has 11 heavy (non-hydrogen) atoms. The maximum atomic E-state index is 5.99. The van der Waals surface area contributed by atoms with Crippen LogP contribution in [0.4, 0.5) is 0 Å². The van der Waals surface area contributed by atoms with E-state index in [-0.39, 0.29) is 0 Å². The molecule has 0 aromatic heterocycles. The number of rotatable bonds is 4. The number of hydrogen-bond donors (Lipinski definition) is 1. The summed E-state index contributed by atoms with van der Waals surface area (Å²) in [7, 11) is 0. The maximum Gasteiger partial charge on any atom is 0.0509 e. The molecule has 0 radical (unpaired) electrons. The molecular weight excluding hydrogens is 138 g/mol. The van der Waals surface area contributed by atoms with Gasteiger partial charge >= 0.3 is 0 Å². The van der Waals surface area contributed by atoms with Crippen LogP contribution >= 0.6 is 0 Å². The quantitative estimate of drug-likeness (QED) is 0.672. The van der Waals surface area contributed by atoms with Gasteiger partial charge in [-0.1, -0.05) is 19.8 Å². The highest BCUT2D eigenvalue weighted by atomic mass is 16.5. The molecule has 66 valence electrons. The third-order valence-electron chi connectivity index (χ3n) is 2.46. The molecule has 0 bridgehead atoms. The molecule has 1 fully saturated rings. The summed E-state index contributed by atoms with van der Waals surface area (Å²) in [5, 5.41) is 0. The van der Waals surface area contributed by atoms with Crippen LogP contribution < -0.4 is 5.73 Å². The fourth-order valence-corrected chi connectivity index (χ4v) is 1.57. The van der Waals surface area contributed by atoms with E-state index in [1.165, 1.54) is 25.7 Å². The third-order valence-corrected chi connectivity index (χ3v) is 2.46. The zero-order valence-corrected chi connectivity index (χ0v) is 7.38. The van der Waals surface area contributed by atoms with Crippen molar-refractivity contribution in [1.82, 2.24) is 0 Å². The molecule has 1 saturated heterocycles. The Morgan fingerprint density at radius 3 is 3.00 bits per heavy atom. The molecule has 1 rings (SSSR count). The summed E-state index contributed by atoms with van der Waals surface area (Å²) in [4.78, 5) is 0. The lowest BCUT2D eigenvalue weighted by molar-refractivity contribution is 0.179. The van der Waals surface area contributed by atoms with E-state index in [1.807, 2.05) is 0 Å². The second-order valence-electron chi connectivity index (χ2n) is 3.43. The van der Waals surface area contributed by atoms with Crippen LogP contribution in [0.15, 0.2) is 0 Å². The summed E-state index contributed by atoms with van der Waals surface area (Å²) in [5.74, 6) is 0.640. The molecule has 1 heterocycles. The molecule has 1 aliphatic rings. The van der Waals surface area contributed by atoms with Gasteiger partial charge in [0.15, 0.2) is 0 Å². The Labute approximate surface area is 69.1 Å². The highest BCUT2D eigenvalue weighted by Gasteiger charge is 2.21. The van der Waals surface area contributed by atoms with Gasteiger partial charge < -0.3 is 10.5 Å². The van der Waals surface area contributed by atoms with Crippen LogP contribution in [0.5, 0.6) is 0 Å². The average molecular weight is 157 g/mol. The predicted octanol–water partition coefficient (Wildman–Crippen LogP) is 1.54. The van der Waals surface area contributed by atoms with Crippen LogP contribution in [0.2, 0.25) is 0 Å². The Hall–Kier alpha value is -0.0800. The fourth-order valence-electron chi connectivity index (χ4n) is 1.57. The maximum absolute atomic E-state index is 5.99. The monoisotopic (exact) mass is 157 g/mol. The van der Waals surface area contributed by atoms with Crippen molar-refractivity contribution in [3.8, 4) is 0 Å². The summed E-state index contributed by atoms with van der Waals surface area (Å²) in [6, 6.07) is 0.387. The van der Waals surface area contributed by atoms with E-state index in [0.717, 1.165) is 13.2 Å². The van der Waals surface area contributed by atoms with Crippen molar-refractivity contribution in [1.29, 1.82) is 0 Å². The van der Waals surface area contributed by atoms with Gasteiger partial charge in [-0.15, -0.1) is 0 Å². The lowest BCUT2D eigenvalue weighted by atomic mass is 9.95. The summed E-state index contributed by atoms with van der Waals surface area (Å²) < 4.78 is 5.28. The first-order valence-corrected chi connectivity index (χ1v) is 4.68. The predicted molar refractivity (Wildman–Crippen MR) is 46.4 cm³/mol. The van der Waals surface area contributed by atoms with Gasteiger partial charge in [0.05, 0.1) is 6.61 Å². The molecule has 2 heteroatoms. The lowest BCUT2D eigenvalue weighted by Gasteiger charge is -2.16. The van der Waals surface area contributed by atoms with Gasteiger partial charge in [0.2, 0.25) is 0 Å². The first kappa shape index (κ1) is 9.01. The van der Waals surface area contributed by atoms with Crippen LogP contribution in [-0.4, -0.2) is 19.3 Å². The second-order valence-corrected chi connectivity index (χ2v) is 3.43. The molecule has 0 aliphatic carbocycles. The molecule has 2 N–H and O–H groups in total. The molecule has 0 spiro atoms. The van der Waals surface area contributed by atoms with Crippen LogP contribution in [0.25, 0.3) is 0 Å². The van der Waals surface area contributed by atoms with Gasteiger partial charge in [-0.05, 0) is 18.8 Å². The number of ether oxygens (including phenoxy) is 1. The van der Waals surface area contributed by atoms with Crippen molar-refractivity contribution in [2.75, 3.05) is 13.2 Å². The minimum absolute atomic E-state index is 0.387. The number of unbranched alkanes of at least 4 members (excludes halogenated alkanes) is 1. The molecule has 0 aromatic rings. The largest absolute Gasteiger partial charge is 0.381 e.